The van der Waals surface area contributed by atoms with E-state index in [4.69, 9.17) is 18.9 Å². The molecule has 8 heteroatoms. The first-order valence-electron chi connectivity index (χ1n) is 15.8. The maximum atomic E-state index is 5.78. The number of aromatic nitrogens is 2. The van der Waals surface area contributed by atoms with Crippen molar-refractivity contribution in [1.82, 2.24) is 9.13 Å². The molecule has 3 aromatic carbocycles. The molecule has 0 unspecified atom stereocenters. The molecule has 0 radical (unpaired) electrons. The Morgan fingerprint density at radius 2 is 0.979 bits per heavy atom. The Kier molecular flexibility index (Phi) is 10.6. The molecular weight excluding hydrogens is 625 g/mol. The van der Waals surface area contributed by atoms with Gasteiger partial charge in [-0.3, -0.25) is 0 Å². The van der Waals surface area contributed by atoms with Crippen LogP contribution in [-0.2, 0) is 7.05 Å². The summed E-state index contributed by atoms with van der Waals surface area (Å²) in [5.41, 5.74) is 3.45. The van der Waals surface area contributed by atoms with Crippen molar-refractivity contribution in [3.05, 3.63) is 126 Å². The fourth-order valence-electron chi connectivity index (χ4n) is 5.29. The van der Waals surface area contributed by atoms with Crippen LogP contribution in [0.2, 0.25) is 0 Å². The summed E-state index contributed by atoms with van der Waals surface area (Å²) in [6.07, 6.45) is 4.10. The molecular formula is C39H38N2O4S2. The molecule has 6 heterocycles. The zero-order valence-corrected chi connectivity index (χ0v) is 28.4. The first-order valence-corrected chi connectivity index (χ1v) is 17.5. The molecule has 7 aromatic rings. The zero-order chi connectivity index (χ0) is 32.4. The van der Waals surface area contributed by atoms with Crippen LogP contribution in [0.15, 0.2) is 126 Å². The van der Waals surface area contributed by atoms with Crippen molar-refractivity contribution < 1.29 is 18.9 Å². The monoisotopic (exact) mass is 662 g/mol. The largest absolute Gasteiger partial charge is 0.485 e. The average molecular weight is 663 g/mol. The van der Waals surface area contributed by atoms with Gasteiger partial charge in [-0.25, -0.2) is 0 Å². The Labute approximate surface area is 284 Å². The Bertz CT molecular complexity index is 1940. The summed E-state index contributed by atoms with van der Waals surface area (Å²) in [5, 5.41) is 6.65. The highest BCUT2D eigenvalue weighted by Crippen LogP contribution is 2.46. The van der Waals surface area contributed by atoms with Crippen LogP contribution in [-0.4, -0.2) is 35.6 Å². The highest BCUT2D eigenvalue weighted by molar-refractivity contribution is 7.14. The van der Waals surface area contributed by atoms with Gasteiger partial charge in [-0.2, -0.15) is 0 Å². The van der Waals surface area contributed by atoms with Crippen LogP contribution in [0.4, 0.5) is 0 Å². The molecule has 240 valence electrons. The van der Waals surface area contributed by atoms with Gasteiger partial charge in [0.15, 0.2) is 23.0 Å². The van der Waals surface area contributed by atoms with Crippen LogP contribution < -0.4 is 18.9 Å². The van der Waals surface area contributed by atoms with Crippen molar-refractivity contribution in [3.8, 4) is 49.8 Å². The lowest BCUT2D eigenvalue weighted by Crippen LogP contribution is -2.14. The van der Waals surface area contributed by atoms with Crippen LogP contribution in [0.1, 0.15) is 13.8 Å². The van der Waals surface area contributed by atoms with Gasteiger partial charge in [0.1, 0.15) is 26.4 Å². The van der Waals surface area contributed by atoms with Crippen LogP contribution in [0, 0.1) is 0 Å². The maximum absolute atomic E-state index is 5.78. The number of benzene rings is 3. The minimum absolute atomic E-state index is 0.614. The molecule has 0 atom stereocenters. The first-order chi connectivity index (χ1) is 23.3. The van der Waals surface area contributed by atoms with E-state index in [0.717, 1.165) is 44.1 Å². The summed E-state index contributed by atoms with van der Waals surface area (Å²) in [7, 11) is 2.03. The molecule has 0 spiro atoms. The van der Waals surface area contributed by atoms with Crippen molar-refractivity contribution in [2.24, 2.45) is 7.05 Å². The standard InChI is InChI=1S/C16H13NO2S.C11H11NO2S.C10H8.C2H6/c1-2-5-12(6-3-1)17-8-4-7-13(17)16-15-14(11-20-16)18-9-10-19-15;1-12-4-2-3-8(12)11-10-9(7-15-11)13-5-6-14-10;1-2-6-10-8-4-3-7-9(10)5-1;1-2/h1-8,11H,9-10H2;2-4,7H,5-6H2,1H3;1-8H;1-2H3. The second kappa shape index (κ2) is 15.6. The molecule has 0 amide bonds. The second-order valence-electron chi connectivity index (χ2n) is 10.4. The Balaban J connectivity index is 0.000000126. The van der Waals surface area contributed by atoms with Gasteiger partial charge in [-0.1, -0.05) is 80.6 Å². The highest BCUT2D eigenvalue weighted by atomic mass is 32.1. The summed E-state index contributed by atoms with van der Waals surface area (Å²) < 4.78 is 26.8. The normalized spacial score (nSPS) is 12.5. The lowest BCUT2D eigenvalue weighted by molar-refractivity contribution is 0.174. The highest BCUT2D eigenvalue weighted by Gasteiger charge is 2.22. The van der Waals surface area contributed by atoms with E-state index in [0.29, 0.717) is 26.4 Å². The smallest absolute Gasteiger partial charge is 0.181 e. The van der Waals surface area contributed by atoms with Crippen molar-refractivity contribution >= 4 is 33.4 Å². The minimum Gasteiger partial charge on any atom is -0.485 e. The molecule has 0 aliphatic carbocycles. The first kappa shape index (κ1) is 32.0. The molecule has 0 N–H and O–H groups in total. The molecule has 0 bridgehead atoms. The van der Waals surface area contributed by atoms with Gasteiger partial charge in [0.25, 0.3) is 0 Å². The number of fused-ring (bicyclic) bond motifs is 3. The van der Waals surface area contributed by atoms with Crippen molar-refractivity contribution in [2.75, 3.05) is 26.4 Å². The van der Waals surface area contributed by atoms with Gasteiger partial charge in [-0.05, 0) is 47.2 Å². The van der Waals surface area contributed by atoms with E-state index < -0.39 is 0 Å². The van der Waals surface area contributed by atoms with Crippen LogP contribution in [0.3, 0.4) is 0 Å². The summed E-state index contributed by atoms with van der Waals surface area (Å²) in [6, 6.07) is 35.3. The molecule has 4 aromatic heterocycles. The van der Waals surface area contributed by atoms with Gasteiger partial charge < -0.3 is 28.1 Å². The maximum Gasteiger partial charge on any atom is 0.181 e. The molecule has 9 rings (SSSR count). The van der Waals surface area contributed by atoms with Gasteiger partial charge in [-0.15, -0.1) is 22.7 Å². The molecule has 0 saturated carbocycles. The van der Waals surface area contributed by atoms with Gasteiger partial charge in [0.05, 0.1) is 21.1 Å². The number of aryl methyl sites for hydroxylation is 1. The molecule has 0 fully saturated rings. The number of nitrogens with zero attached hydrogens (tertiary/aromatic N) is 2. The number of rotatable bonds is 3. The fraction of sp³-hybridized carbons (Fsp3) is 0.179. The summed E-state index contributed by atoms with van der Waals surface area (Å²) in [6.45, 7) is 6.53. The SMILES string of the molecule is CC.Cn1cccc1-c1scc2c1OCCO2.c1ccc(-n2cccc2-c2scc3c2OCCO3)cc1.c1ccc2ccccc2c1. The third-order valence-electron chi connectivity index (χ3n) is 7.45. The van der Waals surface area contributed by atoms with E-state index >= 15 is 0 Å². The number of hydrogen-bond acceptors (Lipinski definition) is 6. The number of hydrogen-bond donors (Lipinski definition) is 0. The van der Waals surface area contributed by atoms with Crippen molar-refractivity contribution in [1.29, 1.82) is 0 Å². The fourth-order valence-corrected chi connectivity index (χ4v) is 7.24. The predicted octanol–water partition coefficient (Wildman–Crippen LogP) is 10.4. The van der Waals surface area contributed by atoms with Crippen LogP contribution in [0.5, 0.6) is 23.0 Å². The number of ether oxygens (including phenoxy) is 4. The number of para-hydroxylation sites is 1. The Morgan fingerprint density at radius 1 is 0.511 bits per heavy atom. The summed E-state index contributed by atoms with van der Waals surface area (Å²) in [5.74, 6) is 3.50. The minimum atomic E-state index is 0.614. The van der Waals surface area contributed by atoms with E-state index in [2.05, 4.69) is 94.2 Å². The lowest BCUT2D eigenvalue weighted by Gasteiger charge is -2.16. The van der Waals surface area contributed by atoms with E-state index in [1.165, 1.54) is 16.5 Å². The van der Waals surface area contributed by atoms with Gasteiger partial charge in [0, 0.05) is 35.9 Å². The van der Waals surface area contributed by atoms with Crippen LogP contribution >= 0.6 is 22.7 Å². The topological polar surface area (TPSA) is 46.8 Å². The average Bonchev–Trinajstić information content (AvgIpc) is 3.96. The van der Waals surface area contributed by atoms with Crippen molar-refractivity contribution in [3.63, 3.8) is 0 Å². The predicted molar refractivity (Wildman–Crippen MR) is 195 cm³/mol. The zero-order valence-electron chi connectivity index (χ0n) is 26.8. The second-order valence-corrected chi connectivity index (χ2v) is 12.1. The Hall–Kier alpha value is -4.92. The van der Waals surface area contributed by atoms with E-state index in [1.54, 1.807) is 22.7 Å². The van der Waals surface area contributed by atoms with E-state index in [-0.39, 0.29) is 0 Å². The third kappa shape index (κ3) is 7.24. The van der Waals surface area contributed by atoms with E-state index in [9.17, 15) is 0 Å². The molecule has 6 nitrogen and oxygen atoms in total. The Morgan fingerprint density at radius 3 is 1.51 bits per heavy atom. The summed E-state index contributed by atoms with van der Waals surface area (Å²) >= 11 is 3.33. The van der Waals surface area contributed by atoms with E-state index in [1.807, 2.05) is 62.1 Å². The van der Waals surface area contributed by atoms with Crippen LogP contribution in [0.25, 0.3) is 37.6 Å². The third-order valence-corrected chi connectivity index (χ3v) is 9.38. The summed E-state index contributed by atoms with van der Waals surface area (Å²) in [4.78, 5) is 2.27. The van der Waals surface area contributed by atoms with Gasteiger partial charge in [0.2, 0.25) is 0 Å². The molecule has 2 aliphatic rings. The molecule has 0 saturated heterocycles. The lowest BCUT2D eigenvalue weighted by atomic mass is 10.1. The quantitative estimate of drug-likeness (QED) is 0.189. The molecule has 2 aliphatic heterocycles. The molecule has 47 heavy (non-hydrogen) atoms. The number of thiophene rings is 2. The van der Waals surface area contributed by atoms with Gasteiger partial charge >= 0.3 is 0 Å². The van der Waals surface area contributed by atoms with Crippen molar-refractivity contribution in [2.45, 2.75) is 13.8 Å².